The van der Waals surface area contributed by atoms with Crippen LogP contribution in [0.25, 0.3) is 11.4 Å². The first kappa shape index (κ1) is 26.9. The van der Waals surface area contributed by atoms with Crippen LogP contribution >= 0.6 is 11.6 Å². The van der Waals surface area contributed by atoms with Gasteiger partial charge in [-0.15, -0.1) is 0 Å². The molecule has 3 aromatic carbocycles. The number of hydrogen-bond acceptors (Lipinski definition) is 4. The van der Waals surface area contributed by atoms with Crippen LogP contribution in [0.5, 0.6) is 11.5 Å². The van der Waals surface area contributed by atoms with Gasteiger partial charge in [0.05, 0.1) is 17.0 Å². The molecule has 0 aliphatic carbocycles. The van der Waals surface area contributed by atoms with Crippen molar-refractivity contribution in [1.29, 1.82) is 0 Å². The van der Waals surface area contributed by atoms with Crippen molar-refractivity contribution in [3.63, 3.8) is 0 Å². The largest absolute Gasteiger partial charge is 0.507 e. The van der Waals surface area contributed by atoms with Crippen LogP contribution in [0.4, 0.5) is 8.78 Å². The highest BCUT2D eigenvalue weighted by Crippen LogP contribution is 2.38. The van der Waals surface area contributed by atoms with Crippen molar-refractivity contribution in [1.82, 2.24) is 9.13 Å². The summed E-state index contributed by atoms with van der Waals surface area (Å²) in [6.07, 6.45) is 0. The molecule has 0 spiro atoms. The van der Waals surface area contributed by atoms with Gasteiger partial charge in [0.15, 0.2) is 0 Å². The summed E-state index contributed by atoms with van der Waals surface area (Å²) >= 11 is 6.12. The van der Waals surface area contributed by atoms with Gasteiger partial charge >= 0.3 is 0 Å². The number of aromatic hydroxyl groups is 2. The molecule has 6 nitrogen and oxygen atoms in total. The third-order valence-corrected chi connectivity index (χ3v) is 7.02. The molecule has 0 saturated carbocycles. The molecule has 2 N–H and O–H groups in total. The summed E-state index contributed by atoms with van der Waals surface area (Å²) in [5, 5.41) is 22.7. The Balaban J connectivity index is 1.86. The molecule has 202 valence electrons. The molecule has 5 rings (SSSR count). The molecule has 0 atom stereocenters. The highest BCUT2D eigenvalue weighted by atomic mass is 35.5. The maximum Gasteiger partial charge on any atom is 0.263 e. The minimum atomic E-state index is -1.24. The summed E-state index contributed by atoms with van der Waals surface area (Å²) in [6, 6.07) is 19.6. The summed E-state index contributed by atoms with van der Waals surface area (Å²) in [5.41, 5.74) is 0.114. The monoisotopic (exact) mass is 560 g/mol. The molecule has 2 heterocycles. The molecule has 0 saturated heterocycles. The highest BCUT2D eigenvalue weighted by Gasteiger charge is 2.31. The second-order valence-electron chi connectivity index (χ2n) is 9.39. The number of aromatic nitrogens is 2. The average Bonchev–Trinajstić information content (AvgIpc) is 2.90. The van der Waals surface area contributed by atoms with E-state index in [1.54, 1.807) is 38.1 Å². The van der Waals surface area contributed by atoms with Crippen LogP contribution in [0.3, 0.4) is 0 Å². The Morgan fingerprint density at radius 3 is 1.40 bits per heavy atom. The van der Waals surface area contributed by atoms with Crippen LogP contribution in [-0.4, -0.2) is 19.3 Å². The van der Waals surface area contributed by atoms with E-state index < -0.39 is 40.2 Å². The lowest BCUT2D eigenvalue weighted by Gasteiger charge is -2.23. The minimum absolute atomic E-state index is 0.181. The number of rotatable bonds is 5. The standard InChI is InChI=1S/C31H23ClF2N2O4/c1-17-15-25(37)28(30(39)35(17)23-11-7-21(33)8-12-23)27(19-3-5-20(32)6-4-19)29-26(38)16-18(2)36(31(29)40)24-13-9-22(34)10-14-24/h3-16,27,37-38H,1-2H3. The van der Waals surface area contributed by atoms with E-state index in [1.807, 2.05) is 0 Å². The first-order valence-corrected chi connectivity index (χ1v) is 12.6. The van der Waals surface area contributed by atoms with Crippen molar-refractivity contribution >= 4 is 11.6 Å². The van der Waals surface area contributed by atoms with Crippen molar-refractivity contribution in [2.24, 2.45) is 0 Å². The van der Waals surface area contributed by atoms with Gasteiger partial charge in [0.1, 0.15) is 23.1 Å². The number of pyridine rings is 2. The molecule has 0 radical (unpaired) electrons. The zero-order valence-electron chi connectivity index (χ0n) is 21.4. The molecule has 9 heteroatoms. The number of hydrogen-bond donors (Lipinski definition) is 2. The third kappa shape index (κ3) is 4.78. The van der Waals surface area contributed by atoms with Gasteiger partial charge in [0.2, 0.25) is 0 Å². The fourth-order valence-electron chi connectivity index (χ4n) is 4.96. The Hall–Kier alpha value is -4.69. The van der Waals surface area contributed by atoms with E-state index in [0.717, 1.165) is 0 Å². The zero-order chi connectivity index (χ0) is 28.7. The number of halogens is 3. The first-order chi connectivity index (χ1) is 19.1. The molecule has 0 unspecified atom stereocenters. The second-order valence-corrected chi connectivity index (χ2v) is 9.82. The van der Waals surface area contributed by atoms with E-state index in [0.29, 0.717) is 33.3 Å². The molecular formula is C31H23ClF2N2O4. The average molecular weight is 561 g/mol. The van der Waals surface area contributed by atoms with Crippen LogP contribution in [0.2, 0.25) is 5.02 Å². The number of aryl methyl sites for hydroxylation is 2. The summed E-state index contributed by atoms with van der Waals surface area (Å²) in [4.78, 5) is 28.2. The Labute approximate surface area is 232 Å². The first-order valence-electron chi connectivity index (χ1n) is 12.2. The van der Waals surface area contributed by atoms with Gasteiger partial charge in [-0.2, -0.15) is 0 Å². The predicted molar refractivity (Wildman–Crippen MR) is 149 cm³/mol. The van der Waals surface area contributed by atoms with Crippen molar-refractivity contribution in [2.45, 2.75) is 19.8 Å². The van der Waals surface area contributed by atoms with E-state index in [-0.39, 0.29) is 11.1 Å². The van der Waals surface area contributed by atoms with Crippen molar-refractivity contribution in [3.05, 3.63) is 150 Å². The number of nitrogens with zero attached hydrogens (tertiary/aromatic N) is 2. The van der Waals surface area contributed by atoms with Gasteiger partial charge < -0.3 is 10.2 Å². The van der Waals surface area contributed by atoms with Gasteiger partial charge in [-0.05, 0) is 80.1 Å². The van der Waals surface area contributed by atoms with Gasteiger partial charge in [-0.25, -0.2) is 8.78 Å². The quantitative estimate of drug-likeness (QED) is 0.271. The normalized spacial score (nSPS) is 11.2. The Bertz CT molecular complexity index is 1730. The molecular weight excluding hydrogens is 538 g/mol. The SMILES string of the molecule is Cc1cc(O)c(C(c2ccc(Cl)cc2)c2c(O)cc(C)n(-c3ccc(F)cc3)c2=O)c(=O)n1-c1ccc(F)cc1. The van der Waals surface area contributed by atoms with Crippen LogP contribution in [0.15, 0.2) is 94.5 Å². The minimum Gasteiger partial charge on any atom is -0.507 e. The van der Waals surface area contributed by atoms with Crippen LogP contribution in [0, 0.1) is 25.5 Å². The lowest BCUT2D eigenvalue weighted by atomic mass is 9.84. The topological polar surface area (TPSA) is 84.5 Å². The van der Waals surface area contributed by atoms with Gasteiger partial charge in [0.25, 0.3) is 11.1 Å². The van der Waals surface area contributed by atoms with Crippen LogP contribution < -0.4 is 11.1 Å². The summed E-state index contributed by atoms with van der Waals surface area (Å²) in [5.74, 6) is -3.00. The zero-order valence-corrected chi connectivity index (χ0v) is 22.2. The lowest BCUT2D eigenvalue weighted by Crippen LogP contribution is -2.31. The van der Waals surface area contributed by atoms with Gasteiger partial charge in [-0.3, -0.25) is 18.7 Å². The molecule has 2 aromatic heterocycles. The van der Waals surface area contributed by atoms with E-state index in [2.05, 4.69) is 0 Å². The fraction of sp³-hybridized carbons (Fsp3) is 0.0968. The summed E-state index contributed by atoms with van der Waals surface area (Å²) in [6.45, 7) is 3.22. The maximum absolute atomic E-state index is 14.1. The fourth-order valence-corrected chi connectivity index (χ4v) is 5.08. The van der Waals surface area contributed by atoms with E-state index in [9.17, 15) is 28.6 Å². The highest BCUT2D eigenvalue weighted by molar-refractivity contribution is 6.30. The Morgan fingerprint density at radius 1 is 0.650 bits per heavy atom. The molecule has 0 fully saturated rings. The van der Waals surface area contributed by atoms with Crippen LogP contribution in [0.1, 0.15) is 34.0 Å². The third-order valence-electron chi connectivity index (χ3n) is 6.77. The van der Waals surface area contributed by atoms with Gasteiger partial charge in [-0.1, -0.05) is 23.7 Å². The van der Waals surface area contributed by atoms with Crippen molar-refractivity contribution < 1.29 is 19.0 Å². The molecule has 0 bridgehead atoms. The van der Waals surface area contributed by atoms with Crippen molar-refractivity contribution in [3.8, 4) is 22.9 Å². The van der Waals surface area contributed by atoms with Gasteiger partial charge in [0, 0.05) is 39.9 Å². The van der Waals surface area contributed by atoms with Crippen molar-refractivity contribution in [2.75, 3.05) is 0 Å². The molecule has 0 amide bonds. The van der Waals surface area contributed by atoms with E-state index >= 15 is 0 Å². The molecule has 0 aliphatic rings. The maximum atomic E-state index is 14.1. The predicted octanol–water partition coefficient (Wildman–Crippen LogP) is 6.13. The smallest absolute Gasteiger partial charge is 0.263 e. The Kier molecular flexibility index (Phi) is 7.04. The lowest BCUT2D eigenvalue weighted by molar-refractivity contribution is 0.453. The summed E-state index contributed by atoms with van der Waals surface area (Å²) < 4.78 is 29.9. The summed E-state index contributed by atoms with van der Waals surface area (Å²) in [7, 11) is 0. The van der Waals surface area contributed by atoms with Crippen LogP contribution in [-0.2, 0) is 0 Å². The second kappa shape index (κ2) is 10.5. The molecule has 0 aliphatic heterocycles. The molecule has 40 heavy (non-hydrogen) atoms. The van der Waals surface area contributed by atoms with E-state index in [4.69, 9.17) is 11.6 Å². The number of benzene rings is 3. The molecule has 5 aromatic rings. The Morgan fingerprint density at radius 2 is 1.02 bits per heavy atom. The van der Waals surface area contributed by atoms with E-state index in [1.165, 1.54) is 69.8 Å².